The SMILES string of the molecule is CCOc1nc(N)nc(N(C)Cc2ccccc2Cl)n1. The van der Waals surface area contributed by atoms with Gasteiger partial charge in [-0.05, 0) is 18.6 Å². The maximum atomic E-state index is 6.14. The minimum absolute atomic E-state index is 0.129. The van der Waals surface area contributed by atoms with Crippen LogP contribution in [0.4, 0.5) is 11.9 Å². The van der Waals surface area contributed by atoms with Gasteiger partial charge in [0.1, 0.15) is 0 Å². The van der Waals surface area contributed by atoms with Gasteiger partial charge in [-0.1, -0.05) is 29.8 Å². The van der Waals surface area contributed by atoms with Crippen LogP contribution < -0.4 is 15.4 Å². The largest absolute Gasteiger partial charge is 0.464 e. The molecule has 0 aliphatic heterocycles. The Morgan fingerprint density at radius 2 is 2.00 bits per heavy atom. The quantitative estimate of drug-likeness (QED) is 0.910. The number of hydrogen-bond acceptors (Lipinski definition) is 6. The molecule has 0 fully saturated rings. The fourth-order valence-corrected chi connectivity index (χ4v) is 1.87. The molecular formula is C13H16ClN5O. The third-order valence-electron chi connectivity index (χ3n) is 2.60. The maximum Gasteiger partial charge on any atom is 0.323 e. The fraction of sp³-hybridized carbons (Fsp3) is 0.308. The lowest BCUT2D eigenvalue weighted by molar-refractivity contribution is 0.312. The summed E-state index contributed by atoms with van der Waals surface area (Å²) >= 11 is 6.14. The molecule has 0 saturated heterocycles. The van der Waals surface area contributed by atoms with E-state index in [2.05, 4.69) is 15.0 Å². The van der Waals surface area contributed by atoms with E-state index in [0.29, 0.717) is 24.1 Å². The standard InChI is InChI=1S/C13H16ClN5O/c1-3-20-13-17-11(15)16-12(18-13)19(2)8-9-6-4-5-7-10(9)14/h4-7H,3,8H2,1-2H3,(H2,15,16,17,18). The Labute approximate surface area is 122 Å². The van der Waals surface area contributed by atoms with E-state index in [0.717, 1.165) is 5.56 Å². The zero-order valence-corrected chi connectivity index (χ0v) is 12.1. The number of rotatable bonds is 5. The molecular weight excluding hydrogens is 278 g/mol. The van der Waals surface area contributed by atoms with E-state index in [9.17, 15) is 0 Å². The predicted molar refractivity (Wildman–Crippen MR) is 79.0 cm³/mol. The molecule has 1 aromatic carbocycles. The van der Waals surface area contributed by atoms with E-state index in [1.54, 1.807) is 0 Å². The van der Waals surface area contributed by atoms with Crippen LogP contribution in [0.15, 0.2) is 24.3 Å². The average Bonchev–Trinajstić information content (AvgIpc) is 2.41. The molecule has 106 valence electrons. The van der Waals surface area contributed by atoms with Crippen molar-refractivity contribution in [1.82, 2.24) is 15.0 Å². The minimum Gasteiger partial charge on any atom is -0.464 e. The molecule has 2 rings (SSSR count). The lowest BCUT2D eigenvalue weighted by Crippen LogP contribution is -2.20. The molecule has 20 heavy (non-hydrogen) atoms. The van der Waals surface area contributed by atoms with Crippen LogP contribution in [0.25, 0.3) is 0 Å². The molecule has 0 bridgehead atoms. The Morgan fingerprint density at radius 3 is 2.70 bits per heavy atom. The Kier molecular flexibility index (Phi) is 4.57. The monoisotopic (exact) mass is 293 g/mol. The number of nitrogens with two attached hydrogens (primary N) is 1. The number of hydrogen-bond donors (Lipinski definition) is 1. The normalized spacial score (nSPS) is 10.3. The van der Waals surface area contributed by atoms with Crippen molar-refractivity contribution in [2.45, 2.75) is 13.5 Å². The maximum absolute atomic E-state index is 6.14. The van der Waals surface area contributed by atoms with E-state index in [1.165, 1.54) is 0 Å². The minimum atomic E-state index is 0.129. The van der Waals surface area contributed by atoms with Gasteiger partial charge >= 0.3 is 6.01 Å². The van der Waals surface area contributed by atoms with Crippen molar-refractivity contribution >= 4 is 23.5 Å². The molecule has 0 aliphatic rings. The van der Waals surface area contributed by atoms with Crippen LogP contribution in [0.3, 0.4) is 0 Å². The topological polar surface area (TPSA) is 77.2 Å². The number of anilines is 2. The Hall–Kier alpha value is -2.08. The molecule has 0 atom stereocenters. The van der Waals surface area contributed by atoms with Gasteiger partial charge in [0.15, 0.2) is 0 Å². The van der Waals surface area contributed by atoms with Crippen LogP contribution in [-0.2, 0) is 6.54 Å². The number of ether oxygens (including phenoxy) is 1. The summed E-state index contributed by atoms with van der Waals surface area (Å²) in [5.74, 6) is 0.574. The predicted octanol–water partition coefficient (Wildman–Crippen LogP) is 2.14. The Balaban J connectivity index is 2.20. The van der Waals surface area contributed by atoms with Crippen molar-refractivity contribution in [3.05, 3.63) is 34.9 Å². The first-order valence-electron chi connectivity index (χ1n) is 6.19. The van der Waals surface area contributed by atoms with Crippen LogP contribution in [0, 0.1) is 0 Å². The second-order valence-electron chi connectivity index (χ2n) is 4.16. The van der Waals surface area contributed by atoms with Crippen molar-refractivity contribution in [1.29, 1.82) is 0 Å². The van der Waals surface area contributed by atoms with Crippen LogP contribution in [0.2, 0.25) is 5.02 Å². The molecule has 1 heterocycles. The van der Waals surface area contributed by atoms with E-state index < -0.39 is 0 Å². The molecule has 0 radical (unpaired) electrons. The van der Waals surface area contributed by atoms with Gasteiger partial charge in [0.2, 0.25) is 11.9 Å². The Morgan fingerprint density at radius 1 is 1.25 bits per heavy atom. The summed E-state index contributed by atoms with van der Waals surface area (Å²) in [5, 5.41) is 0.700. The summed E-state index contributed by atoms with van der Waals surface area (Å²) < 4.78 is 5.26. The van der Waals surface area contributed by atoms with Gasteiger partial charge < -0.3 is 15.4 Å². The van der Waals surface area contributed by atoms with Gasteiger partial charge in [-0.15, -0.1) is 0 Å². The summed E-state index contributed by atoms with van der Waals surface area (Å²) in [4.78, 5) is 14.1. The lowest BCUT2D eigenvalue weighted by Gasteiger charge is -2.18. The summed E-state index contributed by atoms with van der Waals surface area (Å²) in [6, 6.07) is 7.84. The van der Waals surface area contributed by atoms with Gasteiger partial charge in [0.05, 0.1) is 6.61 Å². The first-order chi connectivity index (χ1) is 9.60. The highest BCUT2D eigenvalue weighted by Crippen LogP contribution is 2.19. The molecule has 0 spiro atoms. The summed E-state index contributed by atoms with van der Waals surface area (Å²) in [5.41, 5.74) is 6.64. The van der Waals surface area contributed by atoms with Gasteiger partial charge in [-0.3, -0.25) is 0 Å². The van der Waals surface area contributed by atoms with Crippen LogP contribution >= 0.6 is 11.6 Å². The van der Waals surface area contributed by atoms with Crippen molar-refractivity contribution in [3.63, 3.8) is 0 Å². The number of benzene rings is 1. The zero-order valence-electron chi connectivity index (χ0n) is 11.4. The highest BCUT2D eigenvalue weighted by molar-refractivity contribution is 6.31. The third-order valence-corrected chi connectivity index (χ3v) is 2.97. The highest BCUT2D eigenvalue weighted by atomic mass is 35.5. The molecule has 0 amide bonds. The van der Waals surface area contributed by atoms with E-state index in [4.69, 9.17) is 22.1 Å². The Bertz CT molecular complexity index is 593. The third kappa shape index (κ3) is 3.48. The molecule has 7 heteroatoms. The number of aromatic nitrogens is 3. The van der Waals surface area contributed by atoms with Crippen LogP contribution in [-0.4, -0.2) is 28.6 Å². The second kappa shape index (κ2) is 6.38. The van der Waals surface area contributed by atoms with Crippen molar-refractivity contribution < 1.29 is 4.74 Å². The van der Waals surface area contributed by atoms with E-state index >= 15 is 0 Å². The van der Waals surface area contributed by atoms with Gasteiger partial charge in [0.25, 0.3) is 0 Å². The fourth-order valence-electron chi connectivity index (χ4n) is 1.68. The van der Waals surface area contributed by atoms with Crippen LogP contribution in [0.5, 0.6) is 6.01 Å². The summed E-state index contributed by atoms with van der Waals surface area (Å²) in [6.45, 7) is 2.89. The number of halogens is 1. The van der Waals surface area contributed by atoms with Gasteiger partial charge in [0, 0.05) is 18.6 Å². The van der Waals surface area contributed by atoms with Crippen LogP contribution in [0.1, 0.15) is 12.5 Å². The molecule has 0 unspecified atom stereocenters. The summed E-state index contributed by atoms with van der Waals surface area (Å²) in [6.07, 6.45) is 0. The molecule has 1 aromatic heterocycles. The molecule has 6 nitrogen and oxygen atoms in total. The van der Waals surface area contributed by atoms with E-state index in [1.807, 2.05) is 43.1 Å². The van der Waals surface area contributed by atoms with Crippen molar-refractivity contribution in [3.8, 4) is 6.01 Å². The van der Waals surface area contributed by atoms with Gasteiger partial charge in [-0.25, -0.2) is 0 Å². The molecule has 2 aromatic rings. The van der Waals surface area contributed by atoms with Crippen molar-refractivity contribution in [2.24, 2.45) is 0 Å². The zero-order chi connectivity index (χ0) is 14.5. The molecule has 0 aliphatic carbocycles. The molecule has 0 saturated carbocycles. The smallest absolute Gasteiger partial charge is 0.323 e. The average molecular weight is 294 g/mol. The number of nitrogens with zero attached hydrogens (tertiary/aromatic N) is 4. The first-order valence-corrected chi connectivity index (χ1v) is 6.57. The van der Waals surface area contributed by atoms with Gasteiger partial charge in [-0.2, -0.15) is 15.0 Å². The number of nitrogen functional groups attached to an aromatic ring is 1. The first kappa shape index (κ1) is 14.3. The lowest BCUT2D eigenvalue weighted by atomic mass is 10.2. The van der Waals surface area contributed by atoms with E-state index in [-0.39, 0.29) is 12.0 Å². The molecule has 2 N–H and O–H groups in total. The summed E-state index contributed by atoms with van der Waals surface area (Å²) in [7, 11) is 1.85. The highest BCUT2D eigenvalue weighted by Gasteiger charge is 2.11. The second-order valence-corrected chi connectivity index (χ2v) is 4.56. The van der Waals surface area contributed by atoms with Crippen molar-refractivity contribution in [2.75, 3.05) is 24.3 Å².